The molecule has 0 aliphatic heterocycles. The van der Waals surface area contributed by atoms with E-state index in [1.165, 1.54) is 0 Å². The van der Waals surface area contributed by atoms with Crippen LogP contribution in [0.15, 0.2) is 0 Å². The van der Waals surface area contributed by atoms with E-state index in [1.54, 1.807) is 0 Å². The smallest absolute Gasteiger partial charge is 0.512 e. The minimum atomic E-state index is 0. The SMILES string of the molecule is [C-]#N.[C-]#N.[C-]#N.[C-]#N.[C-]#N.[C-]#N.[Co+2].[Ir]. The van der Waals surface area contributed by atoms with Gasteiger partial charge >= 0.3 is 16.8 Å². The molecule has 0 aliphatic carbocycles. The predicted octanol–water partition coefficient (Wildman–Crippen LogP) is 0.573. The molecule has 14 heavy (non-hydrogen) atoms. The third-order valence-corrected chi connectivity index (χ3v) is 0. The first-order chi connectivity index (χ1) is 6.00. The quantitative estimate of drug-likeness (QED) is 0.537. The molecule has 8 heteroatoms. The Kier molecular flexibility index (Phi) is 1980. The Balaban J connectivity index is -0.00000000500. The van der Waals surface area contributed by atoms with Crippen molar-refractivity contribution in [3.05, 3.63) is 39.4 Å². The number of hydrogen-bond acceptors (Lipinski definition) is 6. The molecule has 0 spiro atoms. The van der Waals surface area contributed by atoms with Crippen LogP contribution in [0.3, 0.4) is 0 Å². The number of rotatable bonds is 0. The van der Waals surface area contributed by atoms with Crippen molar-refractivity contribution in [1.29, 1.82) is 31.6 Å². The molecule has 0 bridgehead atoms. The van der Waals surface area contributed by atoms with E-state index in [0.717, 1.165) is 0 Å². The fourth-order valence-corrected chi connectivity index (χ4v) is 0. The molecule has 0 aromatic rings. The molecule has 2 radical (unpaired) electrons. The summed E-state index contributed by atoms with van der Waals surface area (Å²) in [5, 5.41) is 37.5. The molecule has 0 heterocycles. The Bertz CT molecular complexity index is 97.3. The standard InChI is InChI=1S/6CN.Co.Ir/c6*1-2;;/q6*-1;+2;. The van der Waals surface area contributed by atoms with E-state index in [2.05, 4.69) is 0 Å². The van der Waals surface area contributed by atoms with Crippen LogP contribution < -0.4 is 0 Å². The molecule has 6 nitrogen and oxygen atoms in total. The fourth-order valence-electron chi connectivity index (χ4n) is 0. The van der Waals surface area contributed by atoms with E-state index in [-0.39, 0.29) is 36.9 Å². The van der Waals surface area contributed by atoms with Crippen LogP contribution >= 0.6 is 0 Å². The molecule has 0 atom stereocenters. The van der Waals surface area contributed by atoms with Gasteiger partial charge in [0, 0.05) is 20.1 Å². The van der Waals surface area contributed by atoms with Gasteiger partial charge in [-0.1, -0.05) is 0 Å². The zero-order chi connectivity index (χ0) is 12.0. The Labute approximate surface area is 108 Å². The predicted molar refractivity (Wildman–Crippen MR) is 29.8 cm³/mol. The summed E-state index contributed by atoms with van der Waals surface area (Å²) in [6, 6.07) is 0. The second kappa shape index (κ2) is 312. The number of nitrogens with zero attached hydrogens (tertiary/aromatic N) is 6. The molecule has 0 rings (SSSR count). The van der Waals surface area contributed by atoms with E-state index < -0.39 is 0 Å². The molecule has 0 N–H and O–H groups in total. The van der Waals surface area contributed by atoms with Gasteiger partial charge in [-0.05, 0) is 0 Å². The van der Waals surface area contributed by atoms with Crippen molar-refractivity contribution in [1.82, 2.24) is 0 Å². The van der Waals surface area contributed by atoms with Crippen molar-refractivity contribution in [2.45, 2.75) is 0 Å². The van der Waals surface area contributed by atoms with Crippen molar-refractivity contribution >= 4 is 0 Å². The Morgan fingerprint density at radius 2 is 0.357 bits per heavy atom. The average Bonchev–Trinajstić information content (AvgIpc) is 2.33. The molecule has 0 aromatic heterocycles. The van der Waals surface area contributed by atoms with E-state index >= 15 is 0 Å². The average molecular weight is 407 g/mol. The third kappa shape index (κ3) is 230. The van der Waals surface area contributed by atoms with Crippen LogP contribution in [0.5, 0.6) is 0 Å². The van der Waals surface area contributed by atoms with Crippen LogP contribution in [0.2, 0.25) is 0 Å². The second-order valence-corrected chi connectivity index (χ2v) is 0. The largest absolute Gasteiger partial charge is 2.00 e. The van der Waals surface area contributed by atoms with Crippen molar-refractivity contribution < 1.29 is 36.9 Å². The molecule has 0 fully saturated rings. The molecule has 76 valence electrons. The normalized spacial score (nSPS) is 0.857. The maximum Gasteiger partial charge on any atom is 2.00 e. The van der Waals surface area contributed by atoms with Gasteiger partial charge in [-0.3, -0.25) is 0 Å². The summed E-state index contributed by atoms with van der Waals surface area (Å²) >= 11 is 0. The van der Waals surface area contributed by atoms with Gasteiger partial charge in [0.15, 0.2) is 0 Å². The van der Waals surface area contributed by atoms with Gasteiger partial charge in [-0.25, -0.2) is 0 Å². The second-order valence-electron chi connectivity index (χ2n) is 0. The topological polar surface area (TPSA) is 143 Å². The molecule has 0 saturated carbocycles. The fraction of sp³-hybridized carbons (Fsp3) is 0. The molecular formula is C6CoIrN6-4. The Morgan fingerprint density at radius 1 is 0.357 bits per heavy atom. The summed E-state index contributed by atoms with van der Waals surface area (Å²) in [7, 11) is 0. The molecular weight excluding hydrogens is 407 g/mol. The van der Waals surface area contributed by atoms with E-state index in [4.69, 9.17) is 71.0 Å². The third-order valence-electron chi connectivity index (χ3n) is 0. The maximum absolute atomic E-state index is 6.25. The maximum atomic E-state index is 6.25. The summed E-state index contributed by atoms with van der Waals surface area (Å²) in [4.78, 5) is 0. The summed E-state index contributed by atoms with van der Waals surface area (Å²) in [5.74, 6) is 0. The van der Waals surface area contributed by atoms with Gasteiger partial charge in [0.1, 0.15) is 0 Å². The van der Waals surface area contributed by atoms with Crippen LogP contribution in [0.1, 0.15) is 0 Å². The Morgan fingerprint density at radius 3 is 0.357 bits per heavy atom. The van der Waals surface area contributed by atoms with Gasteiger partial charge in [-0.2, -0.15) is 0 Å². The summed E-state index contributed by atoms with van der Waals surface area (Å²) in [5.41, 5.74) is 0. The first-order valence-corrected chi connectivity index (χ1v) is 1.34. The Hall–Kier alpha value is -1.90. The first kappa shape index (κ1) is 88.8. The summed E-state index contributed by atoms with van der Waals surface area (Å²) < 4.78 is 0. The molecule has 0 amide bonds. The number of hydrogen-bond donors (Lipinski definition) is 0. The minimum Gasteiger partial charge on any atom is -0.512 e. The molecule has 0 saturated heterocycles. The van der Waals surface area contributed by atoms with E-state index in [9.17, 15) is 0 Å². The summed E-state index contributed by atoms with van der Waals surface area (Å²) in [6.45, 7) is 28.5. The summed E-state index contributed by atoms with van der Waals surface area (Å²) in [6.07, 6.45) is 0. The van der Waals surface area contributed by atoms with Crippen molar-refractivity contribution in [2.24, 2.45) is 0 Å². The van der Waals surface area contributed by atoms with Crippen molar-refractivity contribution in [3.63, 3.8) is 0 Å². The first-order valence-electron chi connectivity index (χ1n) is 1.34. The van der Waals surface area contributed by atoms with Gasteiger partial charge in [0.2, 0.25) is 0 Å². The van der Waals surface area contributed by atoms with Crippen LogP contribution in [-0.4, -0.2) is 0 Å². The van der Waals surface area contributed by atoms with E-state index in [0.29, 0.717) is 0 Å². The van der Waals surface area contributed by atoms with Gasteiger partial charge < -0.3 is 71.0 Å². The van der Waals surface area contributed by atoms with Gasteiger partial charge in [0.25, 0.3) is 0 Å². The molecule has 0 aliphatic rings. The minimum absolute atomic E-state index is 0. The molecule has 0 aromatic carbocycles. The van der Waals surface area contributed by atoms with Crippen molar-refractivity contribution in [2.75, 3.05) is 0 Å². The zero-order valence-corrected chi connectivity index (χ0v) is 9.79. The van der Waals surface area contributed by atoms with Crippen LogP contribution in [0, 0.1) is 71.0 Å². The van der Waals surface area contributed by atoms with Crippen LogP contribution in [0.4, 0.5) is 0 Å². The zero-order valence-electron chi connectivity index (χ0n) is 6.35. The van der Waals surface area contributed by atoms with Crippen LogP contribution in [0.25, 0.3) is 0 Å². The monoisotopic (exact) mass is 408 g/mol. The van der Waals surface area contributed by atoms with Gasteiger partial charge in [-0.15, -0.1) is 0 Å². The van der Waals surface area contributed by atoms with E-state index in [1.807, 2.05) is 0 Å². The molecule has 0 unspecified atom stereocenters. The van der Waals surface area contributed by atoms with Crippen molar-refractivity contribution in [3.8, 4) is 0 Å². The van der Waals surface area contributed by atoms with Crippen LogP contribution in [-0.2, 0) is 36.9 Å². The van der Waals surface area contributed by atoms with Gasteiger partial charge in [0.05, 0.1) is 0 Å².